The maximum absolute atomic E-state index is 8.82. The fourth-order valence-corrected chi connectivity index (χ4v) is 1.45. The Bertz CT molecular complexity index is 88.5. The van der Waals surface area contributed by atoms with Gasteiger partial charge in [0.2, 0.25) is 0 Å². The predicted octanol–water partition coefficient (Wildman–Crippen LogP) is 0.726. The summed E-state index contributed by atoms with van der Waals surface area (Å²) in [6.07, 6.45) is 0.801. The van der Waals surface area contributed by atoms with Crippen molar-refractivity contribution >= 4 is 0 Å². The van der Waals surface area contributed by atoms with Crippen LogP contribution in [-0.2, 0) is 4.74 Å². The van der Waals surface area contributed by atoms with Gasteiger partial charge in [0.05, 0.1) is 6.61 Å². The van der Waals surface area contributed by atoms with Gasteiger partial charge in [0, 0.05) is 19.8 Å². The normalized spacial score (nSPS) is 13.8. The number of likely N-dealkylation sites (N-methyl/N-ethyl adjacent to an activating group) is 1. The van der Waals surface area contributed by atoms with Crippen LogP contribution in [0.15, 0.2) is 0 Å². The van der Waals surface area contributed by atoms with E-state index in [1.807, 2.05) is 0 Å². The summed E-state index contributed by atoms with van der Waals surface area (Å²) in [6, 6.07) is 0.370. The van der Waals surface area contributed by atoms with Gasteiger partial charge < -0.3 is 9.84 Å². The van der Waals surface area contributed by atoms with Crippen LogP contribution in [0.25, 0.3) is 0 Å². The molecule has 0 saturated carbocycles. The smallest absolute Gasteiger partial charge is 0.0618 e. The van der Waals surface area contributed by atoms with E-state index in [2.05, 4.69) is 18.7 Å². The highest BCUT2D eigenvalue weighted by molar-refractivity contribution is 4.68. The van der Waals surface area contributed by atoms with Gasteiger partial charge in [0.15, 0.2) is 0 Å². The second-order valence-corrected chi connectivity index (χ2v) is 2.84. The zero-order valence-corrected chi connectivity index (χ0v) is 8.42. The molecule has 0 spiro atoms. The lowest BCUT2D eigenvalue weighted by atomic mass is 10.2. The average molecular weight is 175 g/mol. The van der Waals surface area contributed by atoms with Gasteiger partial charge >= 0.3 is 0 Å². The second kappa shape index (κ2) is 7.53. The molecule has 0 aliphatic rings. The number of aliphatic hydroxyl groups is 1. The van der Waals surface area contributed by atoms with Crippen molar-refractivity contribution in [3.63, 3.8) is 0 Å². The van der Waals surface area contributed by atoms with E-state index < -0.39 is 0 Å². The number of hydrogen-bond donors (Lipinski definition) is 1. The van der Waals surface area contributed by atoms with Gasteiger partial charge in [0.25, 0.3) is 0 Å². The molecular weight excluding hydrogens is 154 g/mol. The molecule has 0 aromatic rings. The molecule has 0 fully saturated rings. The van der Waals surface area contributed by atoms with E-state index in [9.17, 15) is 0 Å². The van der Waals surface area contributed by atoms with Crippen molar-refractivity contribution in [3.05, 3.63) is 0 Å². The molecule has 0 heterocycles. The molecule has 0 aromatic carbocycles. The minimum Gasteiger partial charge on any atom is -0.396 e. The highest BCUT2D eigenvalue weighted by atomic mass is 16.5. The largest absolute Gasteiger partial charge is 0.396 e. The molecule has 0 aliphatic heterocycles. The summed E-state index contributed by atoms with van der Waals surface area (Å²) in [5, 5.41) is 8.82. The van der Waals surface area contributed by atoms with Crippen LogP contribution in [0.1, 0.15) is 20.3 Å². The van der Waals surface area contributed by atoms with Crippen LogP contribution in [0.4, 0.5) is 0 Å². The molecule has 1 unspecified atom stereocenters. The maximum Gasteiger partial charge on any atom is 0.0618 e. The number of aliphatic hydroxyl groups excluding tert-OH is 1. The third-order valence-corrected chi connectivity index (χ3v) is 2.15. The Morgan fingerprint density at radius 2 is 1.92 bits per heavy atom. The van der Waals surface area contributed by atoms with Gasteiger partial charge in [0.1, 0.15) is 0 Å². The summed E-state index contributed by atoms with van der Waals surface area (Å²) >= 11 is 0. The third kappa shape index (κ3) is 4.04. The minimum absolute atomic E-state index is 0.241. The van der Waals surface area contributed by atoms with Gasteiger partial charge in [-0.2, -0.15) is 0 Å². The monoisotopic (exact) mass is 175 g/mol. The van der Waals surface area contributed by atoms with E-state index in [1.165, 1.54) is 0 Å². The zero-order chi connectivity index (χ0) is 9.40. The summed E-state index contributed by atoms with van der Waals surface area (Å²) in [5.74, 6) is 0. The molecule has 0 saturated heterocycles. The SMILES string of the molecule is CCN(CC)C(CCO)COC. The van der Waals surface area contributed by atoms with Crippen molar-refractivity contribution in [2.75, 3.05) is 33.4 Å². The molecule has 0 rings (SSSR count). The number of methoxy groups -OCH3 is 1. The molecular formula is C9H21NO2. The minimum atomic E-state index is 0.241. The Hall–Kier alpha value is -0.120. The van der Waals surface area contributed by atoms with Gasteiger partial charge in [-0.15, -0.1) is 0 Å². The van der Waals surface area contributed by atoms with Gasteiger partial charge in [-0.3, -0.25) is 4.90 Å². The lowest BCUT2D eigenvalue weighted by Gasteiger charge is -2.28. The molecule has 0 aromatic heterocycles. The second-order valence-electron chi connectivity index (χ2n) is 2.84. The molecule has 3 nitrogen and oxygen atoms in total. The van der Waals surface area contributed by atoms with Crippen molar-refractivity contribution in [1.82, 2.24) is 4.90 Å². The summed E-state index contributed by atoms with van der Waals surface area (Å²) in [5.41, 5.74) is 0. The Labute approximate surface area is 75.3 Å². The number of hydrogen-bond acceptors (Lipinski definition) is 3. The van der Waals surface area contributed by atoms with Crippen LogP contribution in [-0.4, -0.2) is 49.5 Å². The number of ether oxygens (including phenoxy) is 1. The first kappa shape index (κ1) is 11.9. The fraction of sp³-hybridized carbons (Fsp3) is 1.00. The molecule has 0 amide bonds. The molecule has 0 bridgehead atoms. The van der Waals surface area contributed by atoms with Crippen molar-refractivity contribution in [2.45, 2.75) is 26.3 Å². The van der Waals surface area contributed by atoms with Gasteiger partial charge in [-0.05, 0) is 19.5 Å². The van der Waals surface area contributed by atoms with E-state index >= 15 is 0 Å². The lowest BCUT2D eigenvalue weighted by molar-refractivity contribution is 0.0794. The Morgan fingerprint density at radius 3 is 2.25 bits per heavy atom. The van der Waals surface area contributed by atoms with Crippen LogP contribution in [0.3, 0.4) is 0 Å². The summed E-state index contributed by atoms with van der Waals surface area (Å²) in [4.78, 5) is 2.31. The van der Waals surface area contributed by atoms with Crippen LogP contribution < -0.4 is 0 Å². The van der Waals surface area contributed by atoms with E-state index in [-0.39, 0.29) is 6.61 Å². The first-order valence-corrected chi connectivity index (χ1v) is 4.63. The first-order valence-electron chi connectivity index (χ1n) is 4.63. The van der Waals surface area contributed by atoms with Crippen molar-refractivity contribution < 1.29 is 9.84 Å². The van der Waals surface area contributed by atoms with E-state index in [0.29, 0.717) is 12.6 Å². The number of rotatable bonds is 7. The standard InChI is InChI=1S/C9H21NO2/c1-4-10(5-2)9(6-7-11)8-12-3/h9,11H,4-8H2,1-3H3. The Balaban J connectivity index is 3.86. The summed E-state index contributed by atoms with van der Waals surface area (Å²) in [7, 11) is 1.70. The molecule has 74 valence electrons. The van der Waals surface area contributed by atoms with Crippen molar-refractivity contribution in [1.29, 1.82) is 0 Å². The molecule has 12 heavy (non-hydrogen) atoms. The van der Waals surface area contributed by atoms with Crippen LogP contribution in [0.5, 0.6) is 0 Å². The Morgan fingerprint density at radius 1 is 1.33 bits per heavy atom. The molecule has 3 heteroatoms. The lowest BCUT2D eigenvalue weighted by Crippen LogP contribution is -2.38. The summed E-state index contributed by atoms with van der Waals surface area (Å²) < 4.78 is 5.09. The van der Waals surface area contributed by atoms with Crippen molar-refractivity contribution in [2.24, 2.45) is 0 Å². The van der Waals surface area contributed by atoms with Crippen LogP contribution in [0, 0.1) is 0 Å². The Kier molecular flexibility index (Phi) is 7.45. The predicted molar refractivity (Wildman–Crippen MR) is 50.3 cm³/mol. The topological polar surface area (TPSA) is 32.7 Å². The van der Waals surface area contributed by atoms with E-state index in [0.717, 1.165) is 19.5 Å². The molecule has 1 N–H and O–H groups in total. The first-order chi connectivity index (χ1) is 5.79. The molecule has 0 aliphatic carbocycles. The van der Waals surface area contributed by atoms with Crippen LogP contribution in [0.2, 0.25) is 0 Å². The average Bonchev–Trinajstić information content (AvgIpc) is 2.07. The highest BCUT2D eigenvalue weighted by Gasteiger charge is 2.13. The van der Waals surface area contributed by atoms with Gasteiger partial charge in [-0.1, -0.05) is 13.8 Å². The summed E-state index contributed by atoms with van der Waals surface area (Å²) in [6.45, 7) is 7.24. The maximum atomic E-state index is 8.82. The van der Waals surface area contributed by atoms with E-state index in [1.54, 1.807) is 7.11 Å². The third-order valence-electron chi connectivity index (χ3n) is 2.15. The molecule has 0 radical (unpaired) electrons. The quantitative estimate of drug-likeness (QED) is 0.619. The molecule has 1 atom stereocenters. The highest BCUT2D eigenvalue weighted by Crippen LogP contribution is 2.03. The van der Waals surface area contributed by atoms with Crippen molar-refractivity contribution in [3.8, 4) is 0 Å². The zero-order valence-electron chi connectivity index (χ0n) is 8.42. The van der Waals surface area contributed by atoms with Crippen LogP contribution >= 0.6 is 0 Å². The fourth-order valence-electron chi connectivity index (χ4n) is 1.45. The number of nitrogens with zero attached hydrogens (tertiary/aromatic N) is 1. The van der Waals surface area contributed by atoms with E-state index in [4.69, 9.17) is 9.84 Å². The van der Waals surface area contributed by atoms with Gasteiger partial charge in [-0.25, -0.2) is 0 Å².